The van der Waals surface area contributed by atoms with Crippen LogP contribution in [0, 0.1) is 5.82 Å². The number of amides is 2. The molecule has 0 aliphatic carbocycles. The quantitative estimate of drug-likeness (QED) is 0.737. The number of halogens is 1. The third kappa shape index (κ3) is 4.89. The van der Waals surface area contributed by atoms with Crippen molar-refractivity contribution in [2.45, 2.75) is 25.5 Å². The first-order valence-corrected chi connectivity index (χ1v) is 7.56. The summed E-state index contributed by atoms with van der Waals surface area (Å²) < 4.78 is 13.5. The number of aliphatic hydroxyl groups excluding tert-OH is 1. The molecule has 0 spiro atoms. The molecule has 6 heteroatoms. The van der Waals surface area contributed by atoms with E-state index >= 15 is 0 Å². The smallest absolute Gasteiger partial charge is 0.313 e. The van der Waals surface area contributed by atoms with E-state index in [9.17, 15) is 19.1 Å². The van der Waals surface area contributed by atoms with Crippen LogP contribution in [0.1, 0.15) is 25.0 Å². The number of rotatable bonds is 5. The summed E-state index contributed by atoms with van der Waals surface area (Å²) in [4.78, 5) is 23.7. The number of para-hydroxylation sites is 1. The van der Waals surface area contributed by atoms with E-state index < -0.39 is 29.8 Å². The molecule has 2 amide bonds. The van der Waals surface area contributed by atoms with Crippen LogP contribution in [-0.2, 0) is 9.59 Å². The van der Waals surface area contributed by atoms with E-state index in [-0.39, 0.29) is 12.1 Å². The minimum Gasteiger partial charge on any atom is -0.388 e. The van der Waals surface area contributed by atoms with Gasteiger partial charge in [-0.15, -0.1) is 0 Å². The normalized spacial score (nSPS) is 13.0. The fourth-order valence-electron chi connectivity index (χ4n) is 2.24. The molecule has 2 rings (SSSR count). The molecular formula is C18H19FN2O3. The molecule has 0 saturated heterocycles. The number of nitrogens with one attached hydrogen (secondary N) is 2. The van der Waals surface area contributed by atoms with E-state index in [1.165, 1.54) is 18.2 Å². The maximum absolute atomic E-state index is 13.5. The Hall–Kier alpha value is -2.73. The summed E-state index contributed by atoms with van der Waals surface area (Å²) in [6.45, 7) is 1.68. The Labute approximate surface area is 139 Å². The van der Waals surface area contributed by atoms with Gasteiger partial charge in [0, 0.05) is 6.04 Å². The van der Waals surface area contributed by atoms with Crippen molar-refractivity contribution in [3.8, 4) is 0 Å². The van der Waals surface area contributed by atoms with Gasteiger partial charge in [-0.1, -0.05) is 42.5 Å². The number of hydrogen-bond acceptors (Lipinski definition) is 3. The maximum Gasteiger partial charge on any atom is 0.313 e. The van der Waals surface area contributed by atoms with Crippen molar-refractivity contribution in [3.05, 3.63) is 66.0 Å². The highest BCUT2D eigenvalue weighted by atomic mass is 19.1. The molecule has 0 heterocycles. The third-order valence-corrected chi connectivity index (χ3v) is 3.47. The standard InChI is InChI=1S/C18H19FN2O3/c1-12(11-16(22)13-7-3-2-4-8-13)20-17(23)18(24)21-15-10-6-5-9-14(15)19/h2-10,12,16,22H,11H2,1H3,(H,20,23)(H,21,24). The molecule has 0 bridgehead atoms. The number of carbonyl (C=O) groups is 2. The zero-order valence-electron chi connectivity index (χ0n) is 13.2. The molecule has 2 atom stereocenters. The third-order valence-electron chi connectivity index (χ3n) is 3.47. The van der Waals surface area contributed by atoms with Gasteiger partial charge < -0.3 is 15.7 Å². The van der Waals surface area contributed by atoms with Crippen LogP contribution in [0.15, 0.2) is 54.6 Å². The van der Waals surface area contributed by atoms with Gasteiger partial charge in [0.2, 0.25) is 0 Å². The predicted octanol–water partition coefficient (Wildman–Crippen LogP) is 2.39. The second-order valence-electron chi connectivity index (χ2n) is 5.47. The monoisotopic (exact) mass is 330 g/mol. The summed E-state index contributed by atoms with van der Waals surface area (Å²) in [6, 6.07) is 14.2. The lowest BCUT2D eigenvalue weighted by molar-refractivity contribution is -0.136. The molecule has 0 aliphatic rings. The van der Waals surface area contributed by atoms with Crippen molar-refractivity contribution < 1.29 is 19.1 Å². The summed E-state index contributed by atoms with van der Waals surface area (Å²) in [6.07, 6.45) is -0.501. The van der Waals surface area contributed by atoms with Crippen molar-refractivity contribution in [1.29, 1.82) is 0 Å². The van der Waals surface area contributed by atoms with E-state index in [4.69, 9.17) is 0 Å². The lowest BCUT2D eigenvalue weighted by Gasteiger charge is -2.18. The van der Waals surface area contributed by atoms with E-state index in [0.29, 0.717) is 0 Å². The fraction of sp³-hybridized carbons (Fsp3) is 0.222. The molecule has 3 N–H and O–H groups in total. The maximum atomic E-state index is 13.5. The minimum absolute atomic E-state index is 0.0605. The number of anilines is 1. The van der Waals surface area contributed by atoms with Crippen LogP contribution in [-0.4, -0.2) is 23.0 Å². The molecule has 2 unspecified atom stereocenters. The number of aliphatic hydroxyl groups is 1. The van der Waals surface area contributed by atoms with Gasteiger partial charge in [-0.25, -0.2) is 4.39 Å². The van der Waals surface area contributed by atoms with Crippen molar-refractivity contribution in [1.82, 2.24) is 5.32 Å². The highest BCUT2D eigenvalue weighted by molar-refractivity contribution is 6.39. The average molecular weight is 330 g/mol. The summed E-state index contributed by atoms with van der Waals surface area (Å²) in [5.41, 5.74) is 0.670. The molecule has 0 saturated carbocycles. The highest BCUT2D eigenvalue weighted by Crippen LogP contribution is 2.17. The molecule has 5 nitrogen and oxygen atoms in total. The van der Waals surface area contributed by atoms with E-state index in [2.05, 4.69) is 10.6 Å². The molecule has 24 heavy (non-hydrogen) atoms. The predicted molar refractivity (Wildman–Crippen MR) is 88.7 cm³/mol. The van der Waals surface area contributed by atoms with Crippen molar-refractivity contribution in [2.75, 3.05) is 5.32 Å². The van der Waals surface area contributed by atoms with Crippen LogP contribution >= 0.6 is 0 Å². The molecule has 0 fully saturated rings. The first-order chi connectivity index (χ1) is 11.5. The van der Waals surface area contributed by atoms with Crippen LogP contribution in [0.5, 0.6) is 0 Å². The van der Waals surface area contributed by atoms with Crippen LogP contribution < -0.4 is 10.6 Å². The van der Waals surface area contributed by atoms with E-state index in [1.54, 1.807) is 25.1 Å². The second-order valence-corrected chi connectivity index (χ2v) is 5.47. The van der Waals surface area contributed by atoms with Crippen molar-refractivity contribution in [3.63, 3.8) is 0 Å². The van der Waals surface area contributed by atoms with Crippen LogP contribution in [0.2, 0.25) is 0 Å². The molecular weight excluding hydrogens is 311 g/mol. The SMILES string of the molecule is CC(CC(O)c1ccccc1)NC(=O)C(=O)Nc1ccccc1F. The minimum atomic E-state index is -0.957. The molecule has 126 valence electrons. The van der Waals surface area contributed by atoms with E-state index in [1.807, 2.05) is 18.2 Å². The number of hydrogen-bond donors (Lipinski definition) is 3. The Morgan fingerprint density at radius 1 is 1.04 bits per heavy atom. The van der Waals surface area contributed by atoms with Gasteiger partial charge in [0.1, 0.15) is 5.82 Å². The fourth-order valence-corrected chi connectivity index (χ4v) is 2.24. The summed E-state index contributed by atoms with van der Waals surface area (Å²) in [5.74, 6) is -2.46. The van der Waals surface area contributed by atoms with Crippen molar-refractivity contribution in [2.24, 2.45) is 0 Å². The average Bonchev–Trinajstić information content (AvgIpc) is 2.57. The zero-order valence-corrected chi connectivity index (χ0v) is 13.2. The Balaban J connectivity index is 1.87. The van der Waals surface area contributed by atoms with Gasteiger partial charge in [0.05, 0.1) is 11.8 Å². The Morgan fingerprint density at radius 2 is 1.67 bits per heavy atom. The van der Waals surface area contributed by atoms with Crippen LogP contribution in [0.25, 0.3) is 0 Å². The largest absolute Gasteiger partial charge is 0.388 e. The van der Waals surface area contributed by atoms with Gasteiger partial charge in [-0.3, -0.25) is 9.59 Å². The topological polar surface area (TPSA) is 78.4 Å². The zero-order chi connectivity index (χ0) is 17.5. The number of carbonyl (C=O) groups excluding carboxylic acids is 2. The first kappa shape index (κ1) is 17.6. The Bertz CT molecular complexity index is 706. The van der Waals surface area contributed by atoms with Gasteiger partial charge in [0.15, 0.2) is 0 Å². The first-order valence-electron chi connectivity index (χ1n) is 7.56. The number of benzene rings is 2. The molecule has 0 aliphatic heterocycles. The van der Waals surface area contributed by atoms with Gasteiger partial charge in [-0.2, -0.15) is 0 Å². The molecule has 2 aromatic rings. The second kappa shape index (κ2) is 8.21. The van der Waals surface area contributed by atoms with Crippen LogP contribution in [0.3, 0.4) is 0 Å². The molecule has 0 radical (unpaired) electrons. The summed E-state index contributed by atoms with van der Waals surface area (Å²) in [5, 5.41) is 14.8. The Kier molecular flexibility index (Phi) is 6.03. The summed E-state index contributed by atoms with van der Waals surface area (Å²) >= 11 is 0. The molecule has 0 aromatic heterocycles. The molecule has 2 aromatic carbocycles. The van der Waals surface area contributed by atoms with Gasteiger partial charge in [-0.05, 0) is 31.0 Å². The Morgan fingerprint density at radius 3 is 2.33 bits per heavy atom. The van der Waals surface area contributed by atoms with Crippen molar-refractivity contribution >= 4 is 17.5 Å². The highest BCUT2D eigenvalue weighted by Gasteiger charge is 2.19. The lowest BCUT2D eigenvalue weighted by Crippen LogP contribution is -2.41. The lowest BCUT2D eigenvalue weighted by atomic mass is 10.0. The van der Waals surface area contributed by atoms with Gasteiger partial charge >= 0.3 is 11.8 Å². The summed E-state index contributed by atoms with van der Waals surface area (Å²) in [7, 11) is 0. The van der Waals surface area contributed by atoms with Crippen LogP contribution in [0.4, 0.5) is 10.1 Å². The van der Waals surface area contributed by atoms with E-state index in [0.717, 1.165) is 5.56 Å². The van der Waals surface area contributed by atoms with Gasteiger partial charge in [0.25, 0.3) is 0 Å².